The van der Waals surface area contributed by atoms with Gasteiger partial charge in [-0.25, -0.2) is 12.7 Å². The summed E-state index contributed by atoms with van der Waals surface area (Å²) < 4.78 is 26.3. The number of sulfonamides is 1. The molecule has 0 spiro atoms. The lowest BCUT2D eigenvalue weighted by atomic mass is 10.1. The summed E-state index contributed by atoms with van der Waals surface area (Å²) in [6.07, 6.45) is 1.83. The summed E-state index contributed by atoms with van der Waals surface area (Å²) in [5.74, 6) is -0.301. The van der Waals surface area contributed by atoms with Gasteiger partial charge in [-0.15, -0.1) is 0 Å². The molecule has 1 aliphatic heterocycles. The first kappa shape index (κ1) is 20.1. The zero-order valence-electron chi connectivity index (χ0n) is 14.6. The van der Waals surface area contributed by atoms with Crippen LogP contribution in [0.25, 0.3) is 0 Å². The fraction of sp³-hybridized carbons (Fsp3) is 0.316. The molecule has 0 aromatic heterocycles. The maximum absolute atomic E-state index is 12.4. The van der Waals surface area contributed by atoms with Crippen LogP contribution in [0, 0.1) is 0 Å². The summed E-state index contributed by atoms with van der Waals surface area (Å²) >= 11 is 12.0. The zero-order chi connectivity index (χ0) is 19.4. The fourth-order valence-corrected chi connectivity index (χ4v) is 5.05. The van der Waals surface area contributed by atoms with Crippen molar-refractivity contribution in [2.24, 2.45) is 0 Å². The van der Waals surface area contributed by atoms with E-state index in [0.29, 0.717) is 34.3 Å². The van der Waals surface area contributed by atoms with Crippen LogP contribution >= 0.6 is 23.2 Å². The summed E-state index contributed by atoms with van der Waals surface area (Å²) in [5, 5.41) is 3.82. The number of rotatable bonds is 6. The minimum atomic E-state index is -3.29. The predicted molar refractivity (Wildman–Crippen MR) is 108 cm³/mol. The predicted octanol–water partition coefficient (Wildman–Crippen LogP) is 3.85. The molecule has 0 radical (unpaired) electrons. The van der Waals surface area contributed by atoms with Crippen molar-refractivity contribution < 1.29 is 13.2 Å². The molecule has 1 N–H and O–H groups in total. The number of halogens is 2. The summed E-state index contributed by atoms with van der Waals surface area (Å²) in [5.41, 5.74) is 1.89. The Morgan fingerprint density at radius 1 is 1.04 bits per heavy atom. The lowest BCUT2D eigenvalue weighted by Gasteiger charge is -2.15. The number of nitrogens with one attached hydrogen (secondary N) is 1. The van der Waals surface area contributed by atoms with Gasteiger partial charge < -0.3 is 5.32 Å². The van der Waals surface area contributed by atoms with Gasteiger partial charge in [-0.2, -0.15) is 0 Å². The number of nitrogens with zero attached hydrogens (tertiary/aromatic N) is 1. The maximum Gasteiger partial charge on any atom is 0.251 e. The highest BCUT2D eigenvalue weighted by Gasteiger charge is 2.25. The Balaban J connectivity index is 1.60. The molecule has 144 valence electrons. The summed E-state index contributed by atoms with van der Waals surface area (Å²) in [6.45, 7) is 1.46. The van der Waals surface area contributed by atoms with Crippen molar-refractivity contribution in [1.82, 2.24) is 9.62 Å². The molecule has 8 heteroatoms. The first-order chi connectivity index (χ1) is 12.8. The number of hydrogen-bond donors (Lipinski definition) is 1. The second kappa shape index (κ2) is 8.61. The largest absolute Gasteiger partial charge is 0.348 e. The Hall–Kier alpha value is -1.60. The van der Waals surface area contributed by atoms with Gasteiger partial charge in [0.15, 0.2) is 0 Å². The molecule has 5 nitrogen and oxygen atoms in total. The van der Waals surface area contributed by atoms with Crippen molar-refractivity contribution in [3.8, 4) is 0 Å². The van der Waals surface area contributed by atoms with Crippen LogP contribution in [0.3, 0.4) is 0 Å². The highest BCUT2D eigenvalue weighted by molar-refractivity contribution is 7.88. The van der Waals surface area contributed by atoms with E-state index >= 15 is 0 Å². The zero-order valence-corrected chi connectivity index (χ0v) is 16.9. The quantitative estimate of drug-likeness (QED) is 0.762. The number of amides is 1. The average Bonchev–Trinajstić information content (AvgIpc) is 3.17. The molecule has 0 unspecified atom stereocenters. The molecule has 0 saturated carbocycles. The van der Waals surface area contributed by atoms with Crippen molar-refractivity contribution in [1.29, 1.82) is 0 Å². The maximum atomic E-state index is 12.4. The number of benzene rings is 2. The second-order valence-corrected chi connectivity index (χ2v) is 9.29. The van der Waals surface area contributed by atoms with Gasteiger partial charge in [0, 0.05) is 35.2 Å². The van der Waals surface area contributed by atoms with Crippen LogP contribution in [0.1, 0.15) is 34.3 Å². The molecule has 0 bridgehead atoms. The smallest absolute Gasteiger partial charge is 0.251 e. The van der Waals surface area contributed by atoms with Crippen molar-refractivity contribution in [2.75, 3.05) is 13.1 Å². The number of carbonyl (C=O) groups excluding carboxylic acids is 1. The van der Waals surface area contributed by atoms with E-state index in [-0.39, 0.29) is 18.2 Å². The molecule has 3 rings (SSSR count). The first-order valence-electron chi connectivity index (χ1n) is 8.64. The van der Waals surface area contributed by atoms with Crippen LogP contribution in [-0.2, 0) is 22.3 Å². The Bertz CT molecular complexity index is 924. The first-order valence-corrected chi connectivity index (χ1v) is 11.0. The summed E-state index contributed by atoms with van der Waals surface area (Å²) in [6, 6.07) is 11.7. The van der Waals surface area contributed by atoms with E-state index in [4.69, 9.17) is 23.2 Å². The van der Waals surface area contributed by atoms with Crippen LogP contribution in [0.15, 0.2) is 42.5 Å². The lowest BCUT2D eigenvalue weighted by Crippen LogP contribution is -2.29. The van der Waals surface area contributed by atoms with Gasteiger partial charge in [0.05, 0.1) is 5.75 Å². The van der Waals surface area contributed by atoms with Gasteiger partial charge >= 0.3 is 0 Å². The average molecular weight is 427 g/mol. The van der Waals surface area contributed by atoms with Gasteiger partial charge in [0.25, 0.3) is 5.91 Å². The Labute approximate surface area is 169 Å². The standard InChI is InChI=1S/C19H20Cl2N2O3S/c20-17-8-7-16(18(21)11-17)12-22-19(24)15-5-3-14(4-6-15)13-27(25,26)23-9-1-2-10-23/h3-8,11H,1-2,9-10,12-13H2,(H,22,24). The van der Waals surface area contributed by atoms with Crippen LogP contribution in [0.4, 0.5) is 0 Å². The minimum Gasteiger partial charge on any atom is -0.348 e. The van der Waals surface area contributed by atoms with E-state index in [0.717, 1.165) is 18.4 Å². The second-order valence-electron chi connectivity index (χ2n) is 6.48. The van der Waals surface area contributed by atoms with Crippen molar-refractivity contribution >= 4 is 39.1 Å². The van der Waals surface area contributed by atoms with Gasteiger partial charge in [-0.1, -0.05) is 41.4 Å². The molecule has 0 aliphatic carbocycles. The van der Waals surface area contributed by atoms with Crippen LogP contribution in [-0.4, -0.2) is 31.7 Å². The number of hydrogen-bond acceptors (Lipinski definition) is 3. The molecule has 1 saturated heterocycles. The van der Waals surface area contributed by atoms with E-state index in [1.54, 1.807) is 42.5 Å². The fourth-order valence-electron chi connectivity index (χ4n) is 2.96. The van der Waals surface area contributed by atoms with E-state index < -0.39 is 10.0 Å². The third-order valence-electron chi connectivity index (χ3n) is 4.48. The third kappa shape index (κ3) is 5.23. The Morgan fingerprint density at radius 3 is 2.33 bits per heavy atom. The minimum absolute atomic E-state index is 0.0463. The molecule has 0 atom stereocenters. The SMILES string of the molecule is O=C(NCc1ccc(Cl)cc1Cl)c1ccc(CS(=O)(=O)N2CCCC2)cc1. The van der Waals surface area contributed by atoms with Crippen LogP contribution < -0.4 is 5.32 Å². The van der Waals surface area contributed by atoms with Crippen LogP contribution in [0.5, 0.6) is 0 Å². The molecule has 1 fully saturated rings. The molecule has 2 aromatic carbocycles. The molecular weight excluding hydrogens is 407 g/mol. The monoisotopic (exact) mass is 426 g/mol. The van der Waals surface area contributed by atoms with Gasteiger partial charge in [0.1, 0.15) is 0 Å². The topological polar surface area (TPSA) is 66.5 Å². The molecule has 2 aromatic rings. The molecular formula is C19H20Cl2N2O3S. The van der Waals surface area contributed by atoms with Crippen molar-refractivity contribution in [3.05, 3.63) is 69.2 Å². The van der Waals surface area contributed by atoms with Crippen molar-refractivity contribution in [2.45, 2.75) is 25.1 Å². The van der Waals surface area contributed by atoms with E-state index in [1.165, 1.54) is 4.31 Å². The Kier molecular flexibility index (Phi) is 6.42. The third-order valence-corrected chi connectivity index (χ3v) is 6.92. The molecule has 27 heavy (non-hydrogen) atoms. The normalized spacial score (nSPS) is 15.0. The molecule has 1 amide bonds. The van der Waals surface area contributed by atoms with Crippen LogP contribution in [0.2, 0.25) is 10.0 Å². The van der Waals surface area contributed by atoms with E-state index in [2.05, 4.69) is 5.32 Å². The molecule has 1 heterocycles. The van der Waals surface area contributed by atoms with Gasteiger partial charge in [-0.05, 0) is 48.2 Å². The number of carbonyl (C=O) groups is 1. The van der Waals surface area contributed by atoms with E-state index in [9.17, 15) is 13.2 Å². The molecule has 1 aliphatic rings. The van der Waals surface area contributed by atoms with E-state index in [1.807, 2.05) is 0 Å². The highest BCUT2D eigenvalue weighted by Crippen LogP contribution is 2.21. The summed E-state index contributed by atoms with van der Waals surface area (Å²) in [7, 11) is -3.29. The lowest BCUT2D eigenvalue weighted by molar-refractivity contribution is 0.0951. The highest BCUT2D eigenvalue weighted by atomic mass is 35.5. The van der Waals surface area contributed by atoms with Gasteiger partial charge in [0.2, 0.25) is 10.0 Å². The van der Waals surface area contributed by atoms with Crippen molar-refractivity contribution in [3.63, 3.8) is 0 Å². The summed E-state index contributed by atoms with van der Waals surface area (Å²) in [4.78, 5) is 12.3. The Morgan fingerprint density at radius 2 is 1.70 bits per heavy atom. The van der Waals surface area contributed by atoms with Gasteiger partial charge in [-0.3, -0.25) is 4.79 Å².